The maximum atomic E-state index is 11.0. The van der Waals surface area contributed by atoms with E-state index in [4.69, 9.17) is 9.47 Å². The third kappa shape index (κ3) is 1.75. The number of aliphatic hydroxyl groups excluding tert-OH is 2. The molecule has 5 nitrogen and oxygen atoms in total. The lowest BCUT2D eigenvalue weighted by Crippen LogP contribution is -2.27. The van der Waals surface area contributed by atoms with Gasteiger partial charge in [-0.15, -0.1) is 0 Å². The van der Waals surface area contributed by atoms with Crippen LogP contribution in [0.1, 0.15) is 11.7 Å². The molecule has 0 aromatic heterocycles. The van der Waals surface area contributed by atoms with Crippen molar-refractivity contribution < 1.29 is 24.5 Å². The largest absolute Gasteiger partial charge is 0.497 e. The molecule has 1 fully saturated rings. The van der Waals surface area contributed by atoms with Gasteiger partial charge in [-0.1, -0.05) is 12.1 Å². The second kappa shape index (κ2) is 4.11. The molecule has 1 aliphatic rings. The Morgan fingerprint density at radius 2 is 1.88 bits per heavy atom. The van der Waals surface area contributed by atoms with Crippen LogP contribution in [0, 0.1) is 0 Å². The van der Waals surface area contributed by atoms with E-state index in [9.17, 15) is 15.0 Å². The van der Waals surface area contributed by atoms with Gasteiger partial charge in [0.2, 0.25) is 0 Å². The summed E-state index contributed by atoms with van der Waals surface area (Å²) in [6, 6.07) is 6.75. The number of hydrogen-bond donors (Lipinski definition) is 2. The molecule has 1 aliphatic heterocycles. The Morgan fingerprint density at radius 1 is 1.25 bits per heavy atom. The van der Waals surface area contributed by atoms with Gasteiger partial charge in [0.25, 0.3) is 0 Å². The van der Waals surface area contributed by atoms with E-state index in [1.807, 2.05) is 0 Å². The van der Waals surface area contributed by atoms with E-state index in [-0.39, 0.29) is 0 Å². The van der Waals surface area contributed by atoms with Crippen molar-refractivity contribution in [1.82, 2.24) is 0 Å². The van der Waals surface area contributed by atoms with Gasteiger partial charge < -0.3 is 19.7 Å². The Bertz CT molecular complexity index is 386. The molecule has 1 heterocycles. The molecule has 0 saturated carbocycles. The molecular weight excluding hydrogens is 212 g/mol. The molecule has 0 unspecified atom stereocenters. The van der Waals surface area contributed by atoms with E-state index in [1.54, 1.807) is 31.4 Å². The first-order valence-corrected chi connectivity index (χ1v) is 4.84. The molecule has 3 atom stereocenters. The Kier molecular flexibility index (Phi) is 2.80. The van der Waals surface area contributed by atoms with Crippen molar-refractivity contribution in [2.45, 2.75) is 18.3 Å². The third-order valence-corrected chi connectivity index (χ3v) is 2.56. The third-order valence-electron chi connectivity index (χ3n) is 2.56. The van der Waals surface area contributed by atoms with Crippen LogP contribution < -0.4 is 4.74 Å². The Balaban J connectivity index is 2.21. The summed E-state index contributed by atoms with van der Waals surface area (Å²) in [5, 5.41) is 18.8. The van der Waals surface area contributed by atoms with Crippen LogP contribution in [0.3, 0.4) is 0 Å². The van der Waals surface area contributed by atoms with Gasteiger partial charge in [0, 0.05) is 0 Å². The van der Waals surface area contributed by atoms with Crippen molar-refractivity contribution in [3.05, 3.63) is 29.8 Å². The van der Waals surface area contributed by atoms with Crippen LogP contribution in [0.4, 0.5) is 0 Å². The van der Waals surface area contributed by atoms with Crippen molar-refractivity contribution in [2.75, 3.05) is 7.11 Å². The molecule has 0 spiro atoms. The fraction of sp³-hybridized carbons (Fsp3) is 0.364. The number of carbonyl (C=O) groups excluding carboxylic acids is 1. The summed E-state index contributed by atoms with van der Waals surface area (Å²) in [6.07, 6.45) is -3.50. The lowest BCUT2D eigenvalue weighted by Gasteiger charge is -2.13. The highest BCUT2D eigenvalue weighted by atomic mass is 16.6. The van der Waals surface area contributed by atoms with E-state index >= 15 is 0 Å². The Hall–Kier alpha value is -1.59. The van der Waals surface area contributed by atoms with E-state index in [1.165, 1.54) is 0 Å². The predicted octanol–water partition coefficient (Wildman–Crippen LogP) is 0.0149. The smallest absolute Gasteiger partial charge is 0.338 e. The zero-order valence-electron chi connectivity index (χ0n) is 8.66. The van der Waals surface area contributed by atoms with Crippen molar-refractivity contribution >= 4 is 5.97 Å². The monoisotopic (exact) mass is 224 g/mol. The number of esters is 1. The highest BCUT2D eigenvalue weighted by Crippen LogP contribution is 2.31. The van der Waals surface area contributed by atoms with Crippen LogP contribution in [-0.2, 0) is 9.53 Å². The second-order valence-electron chi connectivity index (χ2n) is 3.57. The summed E-state index contributed by atoms with van der Waals surface area (Å²) < 4.78 is 9.85. The lowest BCUT2D eigenvalue weighted by atomic mass is 10.0. The summed E-state index contributed by atoms with van der Waals surface area (Å²) in [4.78, 5) is 11.0. The van der Waals surface area contributed by atoms with E-state index in [0.29, 0.717) is 11.3 Å². The minimum Gasteiger partial charge on any atom is -0.497 e. The number of cyclic esters (lactones) is 1. The van der Waals surface area contributed by atoms with Gasteiger partial charge in [0.1, 0.15) is 11.9 Å². The first kappa shape index (κ1) is 10.9. The van der Waals surface area contributed by atoms with Crippen molar-refractivity contribution in [1.29, 1.82) is 0 Å². The number of hydrogen-bond acceptors (Lipinski definition) is 5. The summed E-state index contributed by atoms with van der Waals surface area (Å²) in [7, 11) is 1.54. The maximum absolute atomic E-state index is 11.0. The van der Waals surface area contributed by atoms with Crippen LogP contribution in [0.5, 0.6) is 5.75 Å². The quantitative estimate of drug-likeness (QED) is 0.692. The lowest BCUT2D eigenvalue weighted by molar-refractivity contribution is -0.147. The predicted molar refractivity (Wildman–Crippen MR) is 53.8 cm³/mol. The molecule has 86 valence electrons. The van der Waals surface area contributed by atoms with Gasteiger partial charge in [-0.05, 0) is 17.7 Å². The Morgan fingerprint density at radius 3 is 2.31 bits per heavy atom. The minimum absolute atomic E-state index is 0.623. The summed E-state index contributed by atoms with van der Waals surface area (Å²) in [5.41, 5.74) is 0.623. The van der Waals surface area contributed by atoms with Crippen molar-refractivity contribution in [3.8, 4) is 5.75 Å². The molecule has 1 saturated heterocycles. The molecular formula is C11H12O5. The fourth-order valence-corrected chi connectivity index (χ4v) is 1.63. The van der Waals surface area contributed by atoms with Crippen LogP contribution >= 0.6 is 0 Å². The number of ether oxygens (including phenoxy) is 2. The molecule has 0 radical (unpaired) electrons. The average molecular weight is 224 g/mol. The van der Waals surface area contributed by atoms with Crippen LogP contribution in [0.2, 0.25) is 0 Å². The Labute approximate surface area is 92.2 Å². The standard InChI is InChI=1S/C11H12O5/c1-15-7-4-2-6(3-5-7)10-8(12)9(13)11(14)16-10/h2-5,8-10,12-13H,1H3/t8-,9-,10+/m1/s1. The van der Waals surface area contributed by atoms with Crippen molar-refractivity contribution in [3.63, 3.8) is 0 Å². The second-order valence-corrected chi connectivity index (χ2v) is 3.57. The first-order valence-electron chi connectivity index (χ1n) is 4.84. The number of methoxy groups -OCH3 is 1. The molecule has 1 aromatic carbocycles. The van der Waals surface area contributed by atoms with Crippen molar-refractivity contribution in [2.24, 2.45) is 0 Å². The van der Waals surface area contributed by atoms with Crippen LogP contribution in [0.15, 0.2) is 24.3 Å². The summed E-state index contributed by atoms with van der Waals surface area (Å²) in [6.45, 7) is 0. The number of aliphatic hydroxyl groups is 2. The molecule has 0 bridgehead atoms. The molecule has 2 N–H and O–H groups in total. The van der Waals surface area contributed by atoms with Gasteiger partial charge >= 0.3 is 5.97 Å². The van der Waals surface area contributed by atoms with Gasteiger partial charge in [-0.25, -0.2) is 4.79 Å². The van der Waals surface area contributed by atoms with E-state index in [2.05, 4.69) is 0 Å². The maximum Gasteiger partial charge on any atom is 0.338 e. The normalized spacial score (nSPS) is 28.9. The molecule has 2 rings (SSSR count). The molecule has 16 heavy (non-hydrogen) atoms. The number of carbonyl (C=O) groups is 1. The molecule has 0 aliphatic carbocycles. The topological polar surface area (TPSA) is 76.0 Å². The zero-order valence-corrected chi connectivity index (χ0v) is 8.66. The summed E-state index contributed by atoms with van der Waals surface area (Å²) >= 11 is 0. The molecule has 5 heteroatoms. The molecule has 1 aromatic rings. The van der Waals surface area contributed by atoms with Gasteiger partial charge in [-0.3, -0.25) is 0 Å². The van der Waals surface area contributed by atoms with Gasteiger partial charge in [0.05, 0.1) is 7.11 Å². The highest BCUT2D eigenvalue weighted by Gasteiger charge is 2.43. The van der Waals surface area contributed by atoms with Gasteiger partial charge in [0.15, 0.2) is 12.2 Å². The van der Waals surface area contributed by atoms with Gasteiger partial charge in [-0.2, -0.15) is 0 Å². The highest BCUT2D eigenvalue weighted by molar-refractivity contribution is 5.78. The van der Waals surface area contributed by atoms with Crippen LogP contribution in [-0.4, -0.2) is 35.5 Å². The summed E-state index contributed by atoms with van der Waals surface area (Å²) in [5.74, 6) is -0.128. The van der Waals surface area contributed by atoms with E-state index in [0.717, 1.165) is 0 Å². The number of rotatable bonds is 2. The zero-order chi connectivity index (χ0) is 11.7. The first-order chi connectivity index (χ1) is 7.63. The average Bonchev–Trinajstić information content (AvgIpc) is 2.57. The minimum atomic E-state index is -1.47. The number of benzene rings is 1. The fourth-order valence-electron chi connectivity index (χ4n) is 1.63. The van der Waals surface area contributed by atoms with E-state index < -0.39 is 24.3 Å². The molecule has 0 amide bonds. The SMILES string of the molecule is COc1ccc([C@@H]2OC(=O)[C@H](O)[C@H]2O)cc1. The van der Waals surface area contributed by atoms with Crippen LogP contribution in [0.25, 0.3) is 0 Å².